The second-order valence-electron chi connectivity index (χ2n) is 16.5. The number of rotatable bonds is 20. The lowest BCUT2D eigenvalue weighted by Gasteiger charge is -2.36. The van der Waals surface area contributed by atoms with Crippen molar-refractivity contribution in [2.45, 2.75) is 130 Å². The number of hydrogen-bond acceptors (Lipinski definition) is 8. The Kier molecular flexibility index (Phi) is 17.6. The van der Waals surface area contributed by atoms with Crippen LogP contribution in [-0.4, -0.2) is 74.4 Å². The van der Waals surface area contributed by atoms with Gasteiger partial charge in [0.1, 0.15) is 30.5 Å². The van der Waals surface area contributed by atoms with Crippen molar-refractivity contribution in [3.05, 3.63) is 84.5 Å². The van der Waals surface area contributed by atoms with E-state index in [0.717, 1.165) is 16.7 Å². The van der Waals surface area contributed by atoms with Crippen LogP contribution in [-0.2, 0) is 41.7 Å². The largest absolute Gasteiger partial charge is 0.543 e. The minimum atomic E-state index is -2.17. The number of hydrogen-bond donors (Lipinski definition) is 3. The Morgan fingerprint density at radius 3 is 2.34 bits per heavy atom. The molecule has 11 nitrogen and oxygen atoms in total. The predicted molar refractivity (Wildman–Crippen MR) is 225 cm³/mol. The number of benzene rings is 2. The third-order valence-electron chi connectivity index (χ3n) is 10.7. The highest BCUT2D eigenvalue weighted by atomic mass is 28.4. The molecule has 0 aromatic heterocycles. The summed E-state index contributed by atoms with van der Waals surface area (Å²) in [5, 5.41) is 7.32. The lowest BCUT2D eigenvalue weighted by atomic mass is 9.96. The molecule has 56 heavy (non-hydrogen) atoms. The zero-order valence-electron chi connectivity index (χ0n) is 35.1. The highest BCUT2D eigenvalue weighted by molar-refractivity contribution is 6.74. The summed E-state index contributed by atoms with van der Waals surface area (Å²) in [6, 6.07) is 12.5. The van der Waals surface area contributed by atoms with Crippen LogP contribution < -0.4 is 20.5 Å². The third kappa shape index (κ3) is 13.4. The van der Waals surface area contributed by atoms with E-state index in [1.54, 1.807) is 19.1 Å². The van der Waals surface area contributed by atoms with Crippen LogP contribution in [0.25, 0.3) is 6.08 Å². The monoisotopic (exact) mass is 790 g/mol. The Hall–Kier alpha value is -4.26. The molecule has 5 atom stereocenters. The molecule has 12 heteroatoms. The summed E-state index contributed by atoms with van der Waals surface area (Å²) in [6.45, 7) is 26.7. The van der Waals surface area contributed by atoms with Gasteiger partial charge in [-0.15, -0.1) is 6.58 Å². The molecule has 1 fully saturated rings. The Morgan fingerprint density at radius 1 is 1.00 bits per heavy atom. The summed E-state index contributed by atoms with van der Waals surface area (Å²) in [7, 11) is -2.17. The molecule has 1 heterocycles. The summed E-state index contributed by atoms with van der Waals surface area (Å²) >= 11 is 0. The first kappa shape index (κ1) is 46.1. The van der Waals surface area contributed by atoms with E-state index in [2.05, 4.69) is 63.1 Å². The zero-order valence-corrected chi connectivity index (χ0v) is 36.1. The minimum absolute atomic E-state index is 0.0230. The van der Waals surface area contributed by atoms with E-state index in [1.165, 1.54) is 5.01 Å². The molecular weight excluding hydrogens is 725 g/mol. The molecule has 0 aliphatic carbocycles. The fraction of sp³-hybridized carbons (Fsp3) is 0.545. The molecule has 3 amide bonds. The van der Waals surface area contributed by atoms with Gasteiger partial charge in [0.2, 0.25) is 20.1 Å². The maximum atomic E-state index is 14.4. The van der Waals surface area contributed by atoms with Crippen molar-refractivity contribution < 1.29 is 33.1 Å². The number of ether oxygens (including phenoxy) is 2. The normalized spacial score (nSPS) is 16.9. The molecule has 0 spiro atoms. The van der Waals surface area contributed by atoms with Crippen LogP contribution >= 0.6 is 0 Å². The van der Waals surface area contributed by atoms with E-state index >= 15 is 0 Å². The van der Waals surface area contributed by atoms with Gasteiger partial charge in [0.05, 0.1) is 12.0 Å². The number of esters is 1. The van der Waals surface area contributed by atoms with E-state index in [4.69, 9.17) is 13.9 Å². The molecule has 1 aliphatic heterocycles. The molecule has 0 bridgehead atoms. The first-order valence-electron chi connectivity index (χ1n) is 20.0. The zero-order chi connectivity index (χ0) is 41.6. The summed E-state index contributed by atoms with van der Waals surface area (Å²) < 4.78 is 18.1. The Balaban J connectivity index is 1.86. The van der Waals surface area contributed by atoms with Crippen molar-refractivity contribution in [3.63, 3.8) is 0 Å². The fourth-order valence-electron chi connectivity index (χ4n) is 6.21. The first-order chi connectivity index (χ1) is 26.4. The van der Waals surface area contributed by atoms with E-state index in [-0.39, 0.29) is 36.0 Å². The number of nitrogens with one attached hydrogen (secondary N) is 3. The van der Waals surface area contributed by atoms with Crippen molar-refractivity contribution in [2.24, 2.45) is 11.8 Å². The van der Waals surface area contributed by atoms with Crippen molar-refractivity contribution in [1.29, 1.82) is 0 Å². The van der Waals surface area contributed by atoms with Crippen LogP contribution in [0, 0.1) is 11.8 Å². The second kappa shape index (κ2) is 21.3. The summed E-state index contributed by atoms with van der Waals surface area (Å²) in [4.78, 5) is 55.4. The molecule has 308 valence electrons. The van der Waals surface area contributed by atoms with Crippen molar-refractivity contribution in [2.75, 3.05) is 13.2 Å². The molecule has 3 unspecified atom stereocenters. The maximum Gasteiger partial charge on any atom is 0.325 e. The quantitative estimate of drug-likeness (QED) is 0.0733. The van der Waals surface area contributed by atoms with Crippen molar-refractivity contribution in [3.8, 4) is 5.75 Å². The van der Waals surface area contributed by atoms with Crippen LogP contribution in [0.2, 0.25) is 18.1 Å². The van der Waals surface area contributed by atoms with Crippen LogP contribution in [0.15, 0.2) is 67.8 Å². The number of hydrazine groups is 1. The molecule has 1 saturated heterocycles. The van der Waals surface area contributed by atoms with Crippen LogP contribution in [0.4, 0.5) is 0 Å². The van der Waals surface area contributed by atoms with Gasteiger partial charge in [0, 0.05) is 19.6 Å². The Bertz CT molecular complexity index is 1660. The van der Waals surface area contributed by atoms with Gasteiger partial charge >= 0.3 is 5.97 Å². The average molecular weight is 791 g/mol. The highest BCUT2D eigenvalue weighted by Gasteiger charge is 2.39. The smallest absolute Gasteiger partial charge is 0.325 e. The van der Waals surface area contributed by atoms with E-state index < -0.39 is 50.1 Å². The van der Waals surface area contributed by atoms with E-state index in [0.29, 0.717) is 44.6 Å². The minimum Gasteiger partial charge on any atom is -0.543 e. The topological polar surface area (TPSA) is 135 Å². The predicted octanol–water partition coefficient (Wildman–Crippen LogP) is 7.13. The van der Waals surface area contributed by atoms with E-state index in [1.807, 2.05) is 69.3 Å². The lowest BCUT2D eigenvalue weighted by molar-refractivity contribution is -0.154. The molecule has 1 aliphatic rings. The van der Waals surface area contributed by atoms with Gasteiger partial charge in [-0.1, -0.05) is 90.6 Å². The van der Waals surface area contributed by atoms with Gasteiger partial charge in [-0.05, 0) is 91.5 Å². The molecule has 3 N–H and O–H groups in total. The van der Waals surface area contributed by atoms with Gasteiger partial charge in [0.15, 0.2) is 0 Å². The van der Waals surface area contributed by atoms with Crippen molar-refractivity contribution in [1.82, 2.24) is 21.1 Å². The fourth-order valence-corrected chi connectivity index (χ4v) is 7.23. The van der Waals surface area contributed by atoms with Crippen LogP contribution in [0.1, 0.15) is 90.8 Å². The van der Waals surface area contributed by atoms with Gasteiger partial charge in [-0.25, -0.2) is 5.43 Å². The number of amides is 3. The molecule has 0 radical (unpaired) electrons. The lowest BCUT2D eigenvalue weighted by Crippen LogP contribution is -2.62. The summed E-state index contributed by atoms with van der Waals surface area (Å²) in [5.74, 6) is -1.79. The van der Waals surface area contributed by atoms with Gasteiger partial charge in [-0.2, -0.15) is 0 Å². The second-order valence-corrected chi connectivity index (χ2v) is 21.2. The summed E-state index contributed by atoms with van der Waals surface area (Å²) in [5.41, 5.74) is 5.62. The number of carbonyl (C=O) groups is 4. The number of carbonyl (C=O) groups excluding carboxylic acids is 4. The highest BCUT2D eigenvalue weighted by Crippen LogP contribution is 2.37. The van der Waals surface area contributed by atoms with Crippen molar-refractivity contribution >= 4 is 38.1 Å². The SMILES string of the molecule is C=CCC[C@@H](OCC)[C@@H](C)C(=O)NC(C(=O)NC(Cc1cccc(O[Si](C)(C)C(C)(C)C)c1)C(=O)N1CCCC(C(=O)OCc2cccc(C=C)c2)N1)C(C)C. The van der Waals surface area contributed by atoms with Crippen LogP contribution in [0.3, 0.4) is 0 Å². The van der Waals surface area contributed by atoms with Crippen LogP contribution in [0.5, 0.6) is 5.75 Å². The maximum absolute atomic E-state index is 14.4. The third-order valence-corrected chi connectivity index (χ3v) is 15.0. The Labute approximate surface area is 336 Å². The summed E-state index contributed by atoms with van der Waals surface area (Å²) in [6.07, 6.45) is 5.67. The average Bonchev–Trinajstić information content (AvgIpc) is 3.16. The molecule has 2 aromatic rings. The molecule has 0 saturated carbocycles. The first-order valence-corrected chi connectivity index (χ1v) is 22.9. The Morgan fingerprint density at radius 2 is 1.70 bits per heavy atom. The van der Waals surface area contributed by atoms with E-state index in [9.17, 15) is 19.2 Å². The number of nitrogens with zero attached hydrogens (tertiary/aromatic N) is 1. The van der Waals surface area contributed by atoms with Gasteiger partial charge in [-0.3, -0.25) is 24.2 Å². The number of allylic oxidation sites excluding steroid dienone is 1. The molecule has 3 rings (SSSR count). The molecular formula is C44H66N4O7Si. The molecule has 2 aromatic carbocycles. The standard InChI is InChI=1S/C44H66N4O7Si/c1-12-15-24-38(53-14-3)31(6)40(49)46-39(30(4)5)41(50)45-37(28-33-20-17-22-35(27-33)55-56(10,11)44(7,8)9)42(51)48-25-18-23-36(47-48)43(52)54-29-34-21-16-19-32(13-2)26-34/h12-13,16-17,19-22,26-27,30-31,36-39,47H,1-2,14-15,18,23-25,28-29H2,3-11H3,(H,45,50)(H,46,49)/t31-,36?,37?,38-,39?/m1/s1. The van der Waals surface area contributed by atoms with Gasteiger partial charge < -0.3 is 24.5 Å². The van der Waals surface area contributed by atoms with Gasteiger partial charge in [0.25, 0.3) is 5.91 Å².